The Morgan fingerprint density at radius 3 is 1.65 bits per heavy atom. The second-order valence-electron chi connectivity index (χ2n) is 7.01. The summed E-state index contributed by atoms with van der Waals surface area (Å²) in [5.74, 6) is 1.98. The summed E-state index contributed by atoms with van der Waals surface area (Å²) in [4.78, 5) is 0. The van der Waals surface area contributed by atoms with Crippen molar-refractivity contribution in [1.29, 1.82) is 0 Å². The number of rotatable bonds is 15. The fourth-order valence-electron chi connectivity index (χ4n) is 3.30. The third kappa shape index (κ3) is 13.0. The topological polar surface area (TPSA) is 0 Å². The number of unbranched alkanes of at least 4 members (excludes halogenated alkanes) is 6. The van der Waals surface area contributed by atoms with Crippen molar-refractivity contribution >= 4 is 0 Å². The molecule has 0 aliphatic rings. The maximum Gasteiger partial charge on any atom is -0.0417 e. The largest absolute Gasteiger partial charge is 0.0654 e. The molecule has 0 bridgehead atoms. The summed E-state index contributed by atoms with van der Waals surface area (Å²) in [7, 11) is 0. The van der Waals surface area contributed by atoms with E-state index < -0.39 is 0 Å². The van der Waals surface area contributed by atoms with Crippen molar-refractivity contribution in [3.63, 3.8) is 0 Å². The average Bonchev–Trinajstić information content (AvgIpc) is 2.45. The Morgan fingerprint density at radius 1 is 0.550 bits per heavy atom. The molecule has 0 aromatic carbocycles. The van der Waals surface area contributed by atoms with Crippen LogP contribution in [-0.4, -0.2) is 0 Å². The zero-order valence-corrected chi connectivity index (χ0v) is 15.1. The Balaban J connectivity index is 3.27. The maximum absolute atomic E-state index is 2.45. The minimum Gasteiger partial charge on any atom is -0.0654 e. The van der Waals surface area contributed by atoms with Crippen LogP contribution in [0.1, 0.15) is 118 Å². The molecule has 122 valence electrons. The lowest BCUT2D eigenvalue weighted by Gasteiger charge is -2.13. The lowest BCUT2D eigenvalue weighted by Crippen LogP contribution is -1.98. The Hall–Kier alpha value is 0. The molecule has 0 heteroatoms. The van der Waals surface area contributed by atoms with Crippen LogP contribution in [0.15, 0.2) is 0 Å². The van der Waals surface area contributed by atoms with Gasteiger partial charge in [-0.05, 0) is 11.8 Å². The first kappa shape index (κ1) is 20.0. The fraction of sp³-hybridized carbons (Fsp3) is 1.00. The minimum absolute atomic E-state index is 0.968. The molecule has 0 aromatic heterocycles. The quantitative estimate of drug-likeness (QED) is 0.269. The van der Waals surface area contributed by atoms with E-state index in [1.165, 1.54) is 89.9 Å². The van der Waals surface area contributed by atoms with Gasteiger partial charge < -0.3 is 0 Å². The lowest BCUT2D eigenvalue weighted by atomic mass is 9.93. The molecule has 0 aliphatic heterocycles. The van der Waals surface area contributed by atoms with Crippen LogP contribution in [0.4, 0.5) is 0 Å². The average molecular weight is 283 g/mol. The molecule has 2 atom stereocenters. The van der Waals surface area contributed by atoms with Crippen LogP contribution in [0, 0.1) is 11.8 Å². The zero-order chi connectivity index (χ0) is 15.1. The molecule has 0 N–H and O–H groups in total. The molecule has 0 radical (unpaired) electrons. The fourth-order valence-corrected chi connectivity index (χ4v) is 3.30. The van der Waals surface area contributed by atoms with Gasteiger partial charge >= 0.3 is 0 Å². The summed E-state index contributed by atoms with van der Waals surface area (Å²) in [6.07, 6.45) is 20.3. The highest BCUT2D eigenvalue weighted by Crippen LogP contribution is 2.20. The summed E-state index contributed by atoms with van der Waals surface area (Å²) < 4.78 is 0. The predicted molar refractivity (Wildman–Crippen MR) is 94.3 cm³/mol. The van der Waals surface area contributed by atoms with E-state index in [0.717, 1.165) is 11.8 Å². The van der Waals surface area contributed by atoms with Crippen LogP contribution in [0.2, 0.25) is 0 Å². The molecule has 0 fully saturated rings. The highest BCUT2D eigenvalue weighted by molar-refractivity contribution is 4.58. The summed E-state index contributed by atoms with van der Waals surface area (Å²) in [5.41, 5.74) is 0. The number of hydrogen-bond donors (Lipinski definition) is 0. The third-order valence-corrected chi connectivity index (χ3v) is 4.88. The van der Waals surface area contributed by atoms with Gasteiger partial charge in [0.1, 0.15) is 0 Å². The molecular formula is C20H42. The van der Waals surface area contributed by atoms with Crippen molar-refractivity contribution in [2.24, 2.45) is 11.8 Å². The summed E-state index contributed by atoms with van der Waals surface area (Å²) >= 11 is 0. The van der Waals surface area contributed by atoms with Gasteiger partial charge in [-0.25, -0.2) is 0 Å². The summed E-state index contributed by atoms with van der Waals surface area (Å²) in [5, 5.41) is 0. The molecule has 0 aromatic rings. The molecule has 0 spiro atoms. The van der Waals surface area contributed by atoms with Crippen LogP contribution in [0.3, 0.4) is 0 Å². The molecule has 0 aliphatic carbocycles. The zero-order valence-electron chi connectivity index (χ0n) is 15.1. The molecule has 0 saturated heterocycles. The highest BCUT2D eigenvalue weighted by atomic mass is 14.1. The predicted octanol–water partition coefficient (Wildman–Crippen LogP) is 7.76. The van der Waals surface area contributed by atoms with Gasteiger partial charge in [0, 0.05) is 0 Å². The molecule has 2 unspecified atom stereocenters. The standard InChI is InChI=1S/C20H42/c1-5-8-12-16-19(4)17-13-10-9-11-14-18-20(7-3)15-6-2/h19-20H,5-18H2,1-4H3. The van der Waals surface area contributed by atoms with Crippen LogP contribution in [0.25, 0.3) is 0 Å². The third-order valence-electron chi connectivity index (χ3n) is 4.88. The van der Waals surface area contributed by atoms with E-state index in [1.54, 1.807) is 0 Å². The van der Waals surface area contributed by atoms with Gasteiger partial charge in [-0.3, -0.25) is 0 Å². The maximum atomic E-state index is 2.45. The van der Waals surface area contributed by atoms with Gasteiger partial charge in [0.15, 0.2) is 0 Å². The summed E-state index contributed by atoms with van der Waals surface area (Å²) in [6.45, 7) is 9.44. The van der Waals surface area contributed by atoms with Gasteiger partial charge in [0.25, 0.3) is 0 Å². The molecular weight excluding hydrogens is 240 g/mol. The number of hydrogen-bond acceptors (Lipinski definition) is 0. The molecule has 20 heavy (non-hydrogen) atoms. The van der Waals surface area contributed by atoms with Crippen molar-refractivity contribution in [2.45, 2.75) is 118 Å². The molecule has 0 heterocycles. The van der Waals surface area contributed by atoms with Crippen molar-refractivity contribution in [3.8, 4) is 0 Å². The van der Waals surface area contributed by atoms with E-state index >= 15 is 0 Å². The molecule has 0 saturated carbocycles. The van der Waals surface area contributed by atoms with Gasteiger partial charge in [-0.2, -0.15) is 0 Å². The first-order valence-electron chi connectivity index (χ1n) is 9.74. The second-order valence-corrected chi connectivity index (χ2v) is 7.01. The van der Waals surface area contributed by atoms with E-state index in [0.29, 0.717) is 0 Å². The van der Waals surface area contributed by atoms with Crippen molar-refractivity contribution < 1.29 is 0 Å². The van der Waals surface area contributed by atoms with Crippen LogP contribution in [-0.2, 0) is 0 Å². The first-order valence-corrected chi connectivity index (χ1v) is 9.74. The Morgan fingerprint density at radius 2 is 1.10 bits per heavy atom. The van der Waals surface area contributed by atoms with Crippen molar-refractivity contribution in [1.82, 2.24) is 0 Å². The van der Waals surface area contributed by atoms with Crippen LogP contribution >= 0.6 is 0 Å². The Bertz CT molecular complexity index is 173. The van der Waals surface area contributed by atoms with Gasteiger partial charge in [0.2, 0.25) is 0 Å². The van der Waals surface area contributed by atoms with Crippen LogP contribution < -0.4 is 0 Å². The normalized spacial score (nSPS) is 14.4. The van der Waals surface area contributed by atoms with E-state index in [1.807, 2.05) is 0 Å². The van der Waals surface area contributed by atoms with Gasteiger partial charge in [0.05, 0.1) is 0 Å². The van der Waals surface area contributed by atoms with E-state index in [4.69, 9.17) is 0 Å². The highest BCUT2D eigenvalue weighted by Gasteiger charge is 2.05. The molecule has 0 nitrogen and oxygen atoms in total. The monoisotopic (exact) mass is 282 g/mol. The van der Waals surface area contributed by atoms with Crippen molar-refractivity contribution in [3.05, 3.63) is 0 Å². The Kier molecular flexibility index (Phi) is 15.4. The van der Waals surface area contributed by atoms with Crippen molar-refractivity contribution in [2.75, 3.05) is 0 Å². The second kappa shape index (κ2) is 15.4. The Labute approximate surface area is 130 Å². The van der Waals surface area contributed by atoms with E-state index in [9.17, 15) is 0 Å². The molecule has 0 amide bonds. The van der Waals surface area contributed by atoms with E-state index in [2.05, 4.69) is 27.7 Å². The lowest BCUT2D eigenvalue weighted by molar-refractivity contribution is 0.402. The minimum atomic E-state index is 0.968. The van der Waals surface area contributed by atoms with E-state index in [-0.39, 0.29) is 0 Å². The van der Waals surface area contributed by atoms with Crippen LogP contribution in [0.5, 0.6) is 0 Å². The smallest absolute Gasteiger partial charge is 0.0417 e. The van der Waals surface area contributed by atoms with Gasteiger partial charge in [-0.15, -0.1) is 0 Å². The van der Waals surface area contributed by atoms with Gasteiger partial charge in [-0.1, -0.05) is 118 Å². The first-order chi connectivity index (χ1) is 9.74. The molecule has 0 rings (SSSR count). The SMILES string of the molecule is CCCCCC(C)CCCCCCCC(CC)CCC. The summed E-state index contributed by atoms with van der Waals surface area (Å²) in [6, 6.07) is 0.